The van der Waals surface area contributed by atoms with Gasteiger partial charge < -0.3 is 10.5 Å². The van der Waals surface area contributed by atoms with Crippen molar-refractivity contribution in [2.24, 2.45) is 5.73 Å². The molecule has 1 unspecified atom stereocenters. The van der Waals surface area contributed by atoms with Gasteiger partial charge in [-0.05, 0) is 25.5 Å². The summed E-state index contributed by atoms with van der Waals surface area (Å²) in [4.78, 5) is 0.0695. The van der Waals surface area contributed by atoms with Crippen molar-refractivity contribution in [3.05, 3.63) is 22.7 Å². The lowest BCUT2D eigenvalue weighted by atomic mass is 10.2. The van der Waals surface area contributed by atoms with Crippen LogP contribution in [0.5, 0.6) is 5.75 Å². The van der Waals surface area contributed by atoms with Gasteiger partial charge in [-0.15, -0.1) is 0 Å². The number of benzene rings is 1. The van der Waals surface area contributed by atoms with E-state index in [2.05, 4.69) is 0 Å². The minimum Gasteiger partial charge on any atom is -0.495 e. The average molecular weight is 335 g/mol. The summed E-state index contributed by atoms with van der Waals surface area (Å²) in [7, 11) is -2.26. The summed E-state index contributed by atoms with van der Waals surface area (Å²) in [6.07, 6.45) is 0.722. The number of rotatable bonds is 7. The second-order valence-corrected chi connectivity index (χ2v) is 7.06. The molecule has 7 heteroatoms. The molecule has 0 aliphatic rings. The first kappa shape index (κ1) is 18.2. The van der Waals surface area contributed by atoms with Crippen LogP contribution in [0.4, 0.5) is 0 Å². The molecule has 0 radical (unpaired) electrons. The number of halogens is 1. The zero-order valence-corrected chi connectivity index (χ0v) is 14.5. The van der Waals surface area contributed by atoms with Crippen molar-refractivity contribution >= 4 is 21.6 Å². The van der Waals surface area contributed by atoms with Crippen LogP contribution in [-0.4, -0.2) is 32.4 Å². The van der Waals surface area contributed by atoms with Gasteiger partial charge in [0, 0.05) is 29.7 Å². The minimum atomic E-state index is -3.69. The number of ether oxygens (including phenoxy) is 1. The van der Waals surface area contributed by atoms with Gasteiger partial charge in [-0.25, -0.2) is 8.42 Å². The van der Waals surface area contributed by atoms with E-state index < -0.39 is 10.0 Å². The van der Waals surface area contributed by atoms with E-state index in [-0.39, 0.29) is 23.2 Å². The van der Waals surface area contributed by atoms with Crippen molar-refractivity contribution in [3.63, 3.8) is 0 Å². The molecular weight excluding hydrogens is 312 g/mol. The third kappa shape index (κ3) is 3.69. The Hall–Kier alpha value is -0.820. The van der Waals surface area contributed by atoms with E-state index in [0.29, 0.717) is 17.1 Å². The molecule has 0 fully saturated rings. The molecule has 0 aliphatic heterocycles. The number of nitrogens with two attached hydrogens (primary N) is 1. The highest BCUT2D eigenvalue weighted by Crippen LogP contribution is 2.34. The van der Waals surface area contributed by atoms with Gasteiger partial charge in [-0.2, -0.15) is 4.31 Å². The van der Waals surface area contributed by atoms with Crippen molar-refractivity contribution in [1.29, 1.82) is 0 Å². The van der Waals surface area contributed by atoms with Crippen LogP contribution in [0.2, 0.25) is 5.02 Å². The number of sulfonamides is 1. The van der Waals surface area contributed by atoms with Crippen LogP contribution in [0.3, 0.4) is 0 Å². The maximum Gasteiger partial charge on any atom is 0.247 e. The van der Waals surface area contributed by atoms with Crippen LogP contribution in [0.25, 0.3) is 0 Å². The molecule has 2 N–H and O–H groups in total. The molecule has 0 bridgehead atoms. The Labute approximate surface area is 132 Å². The number of hydrogen-bond acceptors (Lipinski definition) is 4. The minimum absolute atomic E-state index is 0.0695. The Morgan fingerprint density at radius 2 is 2.00 bits per heavy atom. The van der Waals surface area contributed by atoms with Crippen molar-refractivity contribution in [2.45, 2.75) is 44.7 Å². The molecule has 0 spiro atoms. The lowest BCUT2D eigenvalue weighted by Gasteiger charge is -2.27. The second kappa shape index (κ2) is 7.45. The zero-order valence-electron chi connectivity index (χ0n) is 12.9. The van der Waals surface area contributed by atoms with E-state index in [4.69, 9.17) is 22.1 Å². The predicted octanol–water partition coefficient (Wildman–Crippen LogP) is 2.62. The van der Waals surface area contributed by atoms with E-state index in [1.54, 1.807) is 6.07 Å². The molecule has 120 valence electrons. The summed E-state index contributed by atoms with van der Waals surface area (Å²) in [6.45, 7) is 6.17. The predicted molar refractivity (Wildman–Crippen MR) is 85.2 cm³/mol. The molecule has 0 amide bonds. The average Bonchev–Trinajstić information content (AvgIpc) is 2.46. The smallest absolute Gasteiger partial charge is 0.247 e. The van der Waals surface area contributed by atoms with E-state index in [0.717, 1.165) is 6.42 Å². The fourth-order valence-corrected chi connectivity index (χ4v) is 4.49. The van der Waals surface area contributed by atoms with E-state index in [1.807, 2.05) is 20.8 Å². The summed E-state index contributed by atoms with van der Waals surface area (Å²) in [6, 6.07) is 2.93. The number of nitrogens with zero attached hydrogens (tertiary/aromatic N) is 1. The lowest BCUT2D eigenvalue weighted by Crippen LogP contribution is -2.38. The number of hydrogen-bond donors (Lipinski definition) is 1. The first-order valence-electron chi connectivity index (χ1n) is 6.91. The Morgan fingerprint density at radius 1 is 1.38 bits per heavy atom. The maximum atomic E-state index is 12.9. The van der Waals surface area contributed by atoms with Crippen LogP contribution < -0.4 is 10.5 Å². The topological polar surface area (TPSA) is 72.6 Å². The van der Waals surface area contributed by atoms with Gasteiger partial charge in [0.1, 0.15) is 10.6 Å². The molecule has 0 aliphatic carbocycles. The molecule has 1 rings (SSSR count). The highest BCUT2D eigenvalue weighted by molar-refractivity contribution is 7.89. The van der Waals surface area contributed by atoms with Gasteiger partial charge in [-0.3, -0.25) is 0 Å². The number of methoxy groups -OCH3 is 1. The van der Waals surface area contributed by atoms with Crippen LogP contribution in [0.1, 0.15) is 32.8 Å². The fourth-order valence-electron chi connectivity index (χ4n) is 2.25. The third-order valence-electron chi connectivity index (χ3n) is 3.50. The Morgan fingerprint density at radius 3 is 2.43 bits per heavy atom. The normalized spacial score (nSPS) is 13.5. The monoisotopic (exact) mass is 334 g/mol. The molecule has 0 aromatic heterocycles. The molecule has 1 aromatic rings. The lowest BCUT2D eigenvalue weighted by molar-refractivity contribution is 0.338. The summed E-state index contributed by atoms with van der Waals surface area (Å²) in [5, 5.41) is 0.329. The Balaban J connectivity index is 3.53. The van der Waals surface area contributed by atoms with Crippen molar-refractivity contribution in [3.8, 4) is 5.75 Å². The largest absolute Gasteiger partial charge is 0.495 e. The molecule has 21 heavy (non-hydrogen) atoms. The van der Waals surface area contributed by atoms with Crippen molar-refractivity contribution < 1.29 is 13.2 Å². The van der Waals surface area contributed by atoms with Crippen LogP contribution in [0.15, 0.2) is 17.0 Å². The molecule has 0 saturated carbocycles. The Kier molecular flexibility index (Phi) is 6.46. The van der Waals surface area contributed by atoms with Crippen molar-refractivity contribution in [2.75, 3.05) is 13.7 Å². The van der Waals surface area contributed by atoms with Gasteiger partial charge in [0.2, 0.25) is 10.0 Å². The van der Waals surface area contributed by atoms with E-state index in [1.165, 1.54) is 17.5 Å². The van der Waals surface area contributed by atoms with E-state index in [9.17, 15) is 8.42 Å². The van der Waals surface area contributed by atoms with Gasteiger partial charge in [0.25, 0.3) is 0 Å². The van der Waals surface area contributed by atoms with Crippen molar-refractivity contribution in [1.82, 2.24) is 4.31 Å². The fraction of sp³-hybridized carbons (Fsp3) is 0.571. The second-order valence-electron chi connectivity index (χ2n) is 4.77. The van der Waals surface area contributed by atoms with Gasteiger partial charge in [-0.1, -0.05) is 25.4 Å². The molecule has 0 heterocycles. The molecule has 1 aromatic carbocycles. The van der Waals surface area contributed by atoms with Crippen LogP contribution in [0, 0.1) is 0 Å². The van der Waals surface area contributed by atoms with Crippen LogP contribution in [-0.2, 0) is 16.6 Å². The molecule has 5 nitrogen and oxygen atoms in total. The van der Waals surface area contributed by atoms with Gasteiger partial charge in [0.05, 0.1) is 7.11 Å². The molecular formula is C14H23ClN2O3S. The van der Waals surface area contributed by atoms with Gasteiger partial charge >= 0.3 is 0 Å². The van der Waals surface area contributed by atoms with Gasteiger partial charge in [0.15, 0.2) is 0 Å². The highest BCUT2D eigenvalue weighted by atomic mass is 35.5. The summed E-state index contributed by atoms with van der Waals surface area (Å²) in [5.74, 6) is 0.267. The maximum absolute atomic E-state index is 12.9. The van der Waals surface area contributed by atoms with E-state index >= 15 is 0 Å². The first-order valence-corrected chi connectivity index (χ1v) is 8.73. The quantitative estimate of drug-likeness (QED) is 0.832. The molecule has 0 saturated heterocycles. The Bertz CT molecular complexity index is 590. The van der Waals surface area contributed by atoms with Crippen LogP contribution >= 0.6 is 11.6 Å². The molecule has 1 atom stereocenters. The standard InChI is InChI=1S/C14H23ClN2O3S/c1-5-10(3)17(6-2)21(18,19)13-8-12(15)7-11(9-16)14(13)20-4/h7-8,10H,5-6,9,16H2,1-4H3. The SMILES string of the molecule is CCC(C)N(CC)S(=O)(=O)c1cc(Cl)cc(CN)c1OC. The third-order valence-corrected chi connectivity index (χ3v) is 5.81. The first-order chi connectivity index (χ1) is 9.83. The highest BCUT2D eigenvalue weighted by Gasteiger charge is 2.31. The summed E-state index contributed by atoms with van der Waals surface area (Å²) >= 11 is 6.03. The summed E-state index contributed by atoms with van der Waals surface area (Å²) < 4.78 is 32.5. The summed E-state index contributed by atoms with van der Waals surface area (Å²) in [5.41, 5.74) is 6.23. The zero-order chi connectivity index (χ0) is 16.2.